The molecule has 0 unspecified atom stereocenters. The first-order chi connectivity index (χ1) is 8.61. The molecule has 1 aromatic rings. The van der Waals surface area contributed by atoms with Crippen molar-refractivity contribution in [2.45, 2.75) is 17.9 Å². The number of carbonyl (C=O) groups excluding carboxylic acids is 2. The zero-order valence-electron chi connectivity index (χ0n) is 10.8. The third kappa shape index (κ3) is 5.03. The standard InChI is InChI=1S/C11H13ClN2O4S.H2S/c1-6(10(13)15)14-11(16)7-3-8(12)5-9(4-7)19(2,17)18;/h3-6H,1-2H3,(H2,13,15)(H,14,16);1H2/t6-;/m0./s1. The normalized spacial score (nSPS) is 12.2. The van der Waals surface area contributed by atoms with Crippen LogP contribution < -0.4 is 11.1 Å². The highest BCUT2D eigenvalue weighted by Gasteiger charge is 2.17. The van der Waals surface area contributed by atoms with Crippen molar-refractivity contribution in [3.8, 4) is 0 Å². The molecule has 3 N–H and O–H groups in total. The van der Waals surface area contributed by atoms with Crippen LogP contribution in [0.5, 0.6) is 0 Å². The van der Waals surface area contributed by atoms with Gasteiger partial charge in [0.2, 0.25) is 5.91 Å². The van der Waals surface area contributed by atoms with Gasteiger partial charge in [0.1, 0.15) is 6.04 Å². The van der Waals surface area contributed by atoms with E-state index in [0.29, 0.717) is 0 Å². The van der Waals surface area contributed by atoms with E-state index in [1.54, 1.807) is 0 Å². The molecule has 0 aliphatic rings. The van der Waals surface area contributed by atoms with E-state index in [0.717, 1.165) is 6.26 Å². The zero-order chi connectivity index (χ0) is 14.8. The largest absolute Gasteiger partial charge is 0.368 e. The monoisotopic (exact) mass is 338 g/mol. The summed E-state index contributed by atoms with van der Waals surface area (Å²) in [7, 11) is -3.48. The number of primary amides is 1. The Labute approximate surface area is 129 Å². The molecule has 0 fully saturated rings. The summed E-state index contributed by atoms with van der Waals surface area (Å²) >= 11 is 5.76. The van der Waals surface area contributed by atoms with Crippen molar-refractivity contribution < 1.29 is 18.0 Å². The lowest BCUT2D eigenvalue weighted by atomic mass is 10.2. The Bertz CT molecular complexity index is 631. The highest BCUT2D eigenvalue weighted by molar-refractivity contribution is 7.90. The number of rotatable bonds is 4. The van der Waals surface area contributed by atoms with Gasteiger partial charge in [0.05, 0.1) is 4.90 Å². The van der Waals surface area contributed by atoms with Crippen molar-refractivity contribution in [1.29, 1.82) is 0 Å². The molecule has 0 heterocycles. The summed E-state index contributed by atoms with van der Waals surface area (Å²) in [6, 6.07) is 2.86. The third-order valence-electron chi connectivity index (χ3n) is 2.34. The number of benzene rings is 1. The average molecular weight is 339 g/mol. The topological polar surface area (TPSA) is 106 Å². The minimum absolute atomic E-state index is 0. The van der Waals surface area contributed by atoms with Crippen LogP contribution in [0.1, 0.15) is 17.3 Å². The summed E-state index contributed by atoms with van der Waals surface area (Å²) in [6.45, 7) is 1.42. The number of amides is 2. The summed E-state index contributed by atoms with van der Waals surface area (Å²) in [5.74, 6) is -1.32. The second kappa shape index (κ2) is 6.96. The van der Waals surface area contributed by atoms with Gasteiger partial charge in [0.15, 0.2) is 9.84 Å². The second-order valence-corrected chi connectivity index (χ2v) is 6.50. The SMILES string of the molecule is C[C@H](NC(=O)c1cc(Cl)cc(S(C)(=O)=O)c1)C(N)=O.S. The molecule has 2 amide bonds. The molecule has 0 aliphatic carbocycles. The lowest BCUT2D eigenvalue weighted by Crippen LogP contribution is -2.42. The van der Waals surface area contributed by atoms with Crippen LogP contribution in [-0.2, 0) is 14.6 Å². The number of hydrogen-bond acceptors (Lipinski definition) is 4. The predicted molar refractivity (Wildman–Crippen MR) is 81.1 cm³/mol. The van der Waals surface area contributed by atoms with E-state index in [1.807, 2.05) is 0 Å². The van der Waals surface area contributed by atoms with E-state index in [2.05, 4.69) is 5.32 Å². The Morgan fingerprint density at radius 1 is 1.30 bits per heavy atom. The van der Waals surface area contributed by atoms with Crippen LogP contribution in [0.25, 0.3) is 0 Å². The van der Waals surface area contributed by atoms with E-state index in [9.17, 15) is 18.0 Å². The Morgan fingerprint density at radius 2 is 1.85 bits per heavy atom. The lowest BCUT2D eigenvalue weighted by molar-refractivity contribution is -0.119. The number of halogens is 1. The highest BCUT2D eigenvalue weighted by Crippen LogP contribution is 2.19. The van der Waals surface area contributed by atoms with Gasteiger partial charge in [0.25, 0.3) is 5.91 Å². The fourth-order valence-electron chi connectivity index (χ4n) is 1.26. The predicted octanol–water partition coefficient (Wildman–Crippen LogP) is 0.460. The van der Waals surface area contributed by atoms with Gasteiger partial charge >= 0.3 is 0 Å². The minimum atomic E-state index is -3.48. The average Bonchev–Trinajstić information content (AvgIpc) is 2.26. The Hall–Kier alpha value is -1.25. The van der Waals surface area contributed by atoms with Gasteiger partial charge < -0.3 is 11.1 Å². The molecule has 0 aromatic heterocycles. The Balaban J connectivity index is 0.00000361. The minimum Gasteiger partial charge on any atom is -0.368 e. The maximum absolute atomic E-state index is 11.8. The van der Waals surface area contributed by atoms with Crippen LogP contribution in [0.3, 0.4) is 0 Å². The fourth-order valence-corrected chi connectivity index (χ4v) is 2.24. The smallest absolute Gasteiger partial charge is 0.252 e. The van der Waals surface area contributed by atoms with Gasteiger partial charge in [-0.15, -0.1) is 0 Å². The van der Waals surface area contributed by atoms with Crippen LogP contribution >= 0.6 is 25.1 Å². The van der Waals surface area contributed by atoms with Crippen LogP contribution in [0.4, 0.5) is 0 Å². The van der Waals surface area contributed by atoms with Crippen LogP contribution in [0.15, 0.2) is 23.1 Å². The summed E-state index contributed by atoms with van der Waals surface area (Å²) in [5.41, 5.74) is 5.06. The first kappa shape index (κ1) is 18.8. The van der Waals surface area contributed by atoms with Crippen LogP contribution in [0, 0.1) is 0 Å². The van der Waals surface area contributed by atoms with E-state index in [4.69, 9.17) is 17.3 Å². The van der Waals surface area contributed by atoms with Crippen molar-refractivity contribution in [2.24, 2.45) is 5.73 Å². The molecular weight excluding hydrogens is 324 g/mol. The molecular formula is C11H15ClN2O4S2. The van der Waals surface area contributed by atoms with Crippen molar-refractivity contribution in [1.82, 2.24) is 5.32 Å². The van der Waals surface area contributed by atoms with Gasteiger partial charge in [-0.25, -0.2) is 8.42 Å². The summed E-state index contributed by atoms with van der Waals surface area (Å²) in [4.78, 5) is 22.6. The number of nitrogens with one attached hydrogen (secondary N) is 1. The third-order valence-corrected chi connectivity index (χ3v) is 3.65. The molecule has 1 aromatic carbocycles. The molecule has 1 atom stereocenters. The first-order valence-electron chi connectivity index (χ1n) is 5.22. The molecule has 0 bridgehead atoms. The Kier molecular flexibility index (Phi) is 6.52. The van der Waals surface area contributed by atoms with Gasteiger partial charge in [-0.1, -0.05) is 11.6 Å². The van der Waals surface area contributed by atoms with E-state index >= 15 is 0 Å². The molecule has 6 nitrogen and oxygen atoms in total. The molecule has 20 heavy (non-hydrogen) atoms. The highest BCUT2D eigenvalue weighted by atomic mass is 35.5. The number of sulfone groups is 1. The summed E-state index contributed by atoms with van der Waals surface area (Å²) in [5, 5.41) is 2.45. The molecule has 0 aliphatic heterocycles. The summed E-state index contributed by atoms with van der Waals surface area (Å²) in [6.07, 6.45) is 1.01. The molecule has 0 saturated carbocycles. The number of hydrogen-bond donors (Lipinski definition) is 2. The Morgan fingerprint density at radius 3 is 2.30 bits per heavy atom. The quantitative estimate of drug-likeness (QED) is 0.831. The zero-order valence-corrected chi connectivity index (χ0v) is 13.4. The van der Waals surface area contributed by atoms with Gasteiger partial charge in [-0.05, 0) is 25.1 Å². The molecule has 9 heteroatoms. The number of nitrogens with two attached hydrogens (primary N) is 1. The van der Waals surface area contributed by atoms with E-state index < -0.39 is 27.7 Å². The number of carbonyl (C=O) groups is 2. The molecule has 0 spiro atoms. The fraction of sp³-hybridized carbons (Fsp3) is 0.273. The summed E-state index contributed by atoms with van der Waals surface area (Å²) < 4.78 is 22.9. The van der Waals surface area contributed by atoms with Crippen LogP contribution in [0.2, 0.25) is 5.02 Å². The maximum atomic E-state index is 11.8. The van der Waals surface area contributed by atoms with Gasteiger partial charge in [-0.2, -0.15) is 13.5 Å². The van der Waals surface area contributed by atoms with E-state index in [-0.39, 0.29) is 29.0 Å². The molecule has 112 valence electrons. The van der Waals surface area contributed by atoms with Crippen LogP contribution in [-0.4, -0.2) is 32.5 Å². The van der Waals surface area contributed by atoms with Crippen molar-refractivity contribution in [2.75, 3.05) is 6.26 Å². The van der Waals surface area contributed by atoms with Crippen molar-refractivity contribution in [3.63, 3.8) is 0 Å². The first-order valence-corrected chi connectivity index (χ1v) is 7.49. The molecule has 1 rings (SSSR count). The molecule has 0 saturated heterocycles. The van der Waals surface area contributed by atoms with Crippen molar-refractivity contribution in [3.05, 3.63) is 28.8 Å². The second-order valence-electron chi connectivity index (χ2n) is 4.05. The van der Waals surface area contributed by atoms with E-state index in [1.165, 1.54) is 25.1 Å². The van der Waals surface area contributed by atoms with Crippen molar-refractivity contribution >= 4 is 46.7 Å². The molecule has 0 radical (unpaired) electrons. The maximum Gasteiger partial charge on any atom is 0.252 e. The lowest BCUT2D eigenvalue weighted by Gasteiger charge is -2.11. The van der Waals surface area contributed by atoms with Gasteiger partial charge in [0, 0.05) is 16.8 Å². The van der Waals surface area contributed by atoms with Gasteiger partial charge in [-0.3, -0.25) is 9.59 Å².